The average Bonchev–Trinajstić information content (AvgIpc) is 3.00. The van der Waals surface area contributed by atoms with Crippen LogP contribution in [0, 0.1) is 0 Å². The fourth-order valence-electron chi connectivity index (χ4n) is 4.59. The number of hydrogen-bond acceptors (Lipinski definition) is 3. The fraction of sp³-hybridized carbons (Fsp3) is 0.250. The summed E-state index contributed by atoms with van der Waals surface area (Å²) < 4.78 is 6.24. The van der Waals surface area contributed by atoms with Gasteiger partial charge in [-0.3, -0.25) is 4.79 Å². The van der Waals surface area contributed by atoms with Crippen molar-refractivity contribution in [1.82, 2.24) is 10.2 Å². The molecule has 162 valence electrons. The number of piperidine rings is 1. The molecule has 2 heterocycles. The molecule has 0 spiro atoms. The summed E-state index contributed by atoms with van der Waals surface area (Å²) in [5, 5.41) is 3.05. The number of nitrogens with zero attached hydrogens (tertiary/aromatic N) is 1. The van der Waals surface area contributed by atoms with Crippen LogP contribution in [0.1, 0.15) is 45.5 Å². The highest BCUT2D eigenvalue weighted by Crippen LogP contribution is 2.41. The van der Waals surface area contributed by atoms with Crippen molar-refractivity contribution in [1.29, 1.82) is 0 Å². The molecule has 3 aromatic rings. The molecule has 0 unspecified atom stereocenters. The van der Waals surface area contributed by atoms with E-state index in [9.17, 15) is 4.79 Å². The van der Waals surface area contributed by atoms with Gasteiger partial charge in [-0.2, -0.15) is 0 Å². The summed E-state index contributed by atoms with van der Waals surface area (Å²) in [4.78, 5) is 14.9. The second-order valence-corrected chi connectivity index (χ2v) is 8.61. The maximum Gasteiger partial charge on any atom is 0.251 e. The van der Waals surface area contributed by atoms with E-state index in [0.29, 0.717) is 18.7 Å². The minimum absolute atomic E-state index is 0.0592. The smallest absolute Gasteiger partial charge is 0.251 e. The maximum atomic E-state index is 12.5. The summed E-state index contributed by atoms with van der Waals surface area (Å²) in [6, 6.07) is 24.2. The van der Waals surface area contributed by atoms with Crippen LogP contribution in [0.2, 0.25) is 0 Å². The van der Waals surface area contributed by atoms with Gasteiger partial charge in [0.15, 0.2) is 0 Å². The summed E-state index contributed by atoms with van der Waals surface area (Å²) in [5.74, 6) is 0.858. The number of carbonyl (C=O) groups is 1. The Morgan fingerprint density at radius 1 is 0.938 bits per heavy atom. The van der Waals surface area contributed by atoms with Gasteiger partial charge in [-0.1, -0.05) is 54.1 Å². The Balaban J connectivity index is 1.50. The van der Waals surface area contributed by atoms with Crippen molar-refractivity contribution in [3.05, 3.63) is 106 Å². The second-order valence-electron chi connectivity index (χ2n) is 8.61. The molecular formula is C28H28N2O2. The van der Waals surface area contributed by atoms with E-state index in [-0.39, 0.29) is 5.91 Å². The van der Waals surface area contributed by atoms with E-state index in [2.05, 4.69) is 59.7 Å². The van der Waals surface area contributed by atoms with Crippen LogP contribution in [0.4, 0.5) is 0 Å². The van der Waals surface area contributed by atoms with E-state index in [0.717, 1.165) is 42.8 Å². The molecule has 0 bridgehead atoms. The van der Waals surface area contributed by atoms with Gasteiger partial charge in [-0.25, -0.2) is 0 Å². The van der Waals surface area contributed by atoms with E-state index < -0.39 is 0 Å². The average molecular weight is 425 g/mol. The minimum Gasteiger partial charge on any atom is -0.488 e. The predicted octanol–water partition coefficient (Wildman–Crippen LogP) is 5.04. The Morgan fingerprint density at radius 2 is 1.69 bits per heavy atom. The zero-order valence-corrected chi connectivity index (χ0v) is 18.4. The zero-order chi connectivity index (χ0) is 21.9. The summed E-state index contributed by atoms with van der Waals surface area (Å²) >= 11 is 0. The third-order valence-corrected chi connectivity index (χ3v) is 6.42. The largest absolute Gasteiger partial charge is 0.488 e. The molecule has 1 saturated heterocycles. The molecule has 1 N–H and O–H groups in total. The monoisotopic (exact) mass is 424 g/mol. The normalized spacial score (nSPS) is 15.9. The second kappa shape index (κ2) is 9.01. The first-order valence-corrected chi connectivity index (χ1v) is 11.3. The molecule has 3 aromatic carbocycles. The Morgan fingerprint density at radius 3 is 2.50 bits per heavy atom. The van der Waals surface area contributed by atoms with Crippen molar-refractivity contribution in [2.45, 2.75) is 26.0 Å². The lowest BCUT2D eigenvalue weighted by atomic mass is 9.86. The lowest BCUT2D eigenvalue weighted by Gasteiger charge is -2.27. The van der Waals surface area contributed by atoms with Crippen molar-refractivity contribution >= 4 is 11.5 Å². The molecule has 2 aliphatic rings. The molecule has 0 saturated carbocycles. The van der Waals surface area contributed by atoms with Crippen molar-refractivity contribution in [3.8, 4) is 5.75 Å². The van der Waals surface area contributed by atoms with E-state index in [1.807, 2.05) is 30.3 Å². The van der Waals surface area contributed by atoms with Gasteiger partial charge in [0.05, 0.1) is 0 Å². The van der Waals surface area contributed by atoms with Gasteiger partial charge < -0.3 is 15.0 Å². The van der Waals surface area contributed by atoms with Crippen molar-refractivity contribution in [2.75, 3.05) is 20.1 Å². The molecule has 5 rings (SSSR count). The van der Waals surface area contributed by atoms with Gasteiger partial charge in [0.2, 0.25) is 0 Å². The lowest BCUT2D eigenvalue weighted by Crippen LogP contribution is -2.27. The van der Waals surface area contributed by atoms with Gasteiger partial charge in [-0.05, 0) is 66.4 Å². The molecule has 0 radical (unpaired) electrons. The molecule has 0 aromatic heterocycles. The fourth-order valence-corrected chi connectivity index (χ4v) is 4.59. The SMILES string of the molecule is CN1CCC(=C2c3ccccc3COc3ccc(CNC(=O)c4ccccc4)cc32)CC1. The summed E-state index contributed by atoms with van der Waals surface area (Å²) in [6.45, 7) is 3.20. The number of benzene rings is 3. The number of ether oxygens (including phenoxy) is 1. The van der Waals surface area contributed by atoms with Crippen LogP contribution >= 0.6 is 0 Å². The first-order chi connectivity index (χ1) is 15.7. The molecule has 1 amide bonds. The highest BCUT2D eigenvalue weighted by atomic mass is 16.5. The molecular weight excluding hydrogens is 396 g/mol. The number of hydrogen-bond donors (Lipinski definition) is 1. The van der Waals surface area contributed by atoms with Gasteiger partial charge >= 0.3 is 0 Å². The van der Waals surface area contributed by atoms with E-state index in [1.54, 1.807) is 0 Å². The van der Waals surface area contributed by atoms with E-state index >= 15 is 0 Å². The third-order valence-electron chi connectivity index (χ3n) is 6.42. The number of amides is 1. The van der Waals surface area contributed by atoms with Crippen LogP contribution in [0.25, 0.3) is 5.57 Å². The molecule has 0 aliphatic carbocycles. The van der Waals surface area contributed by atoms with Crippen LogP contribution in [0.15, 0.2) is 78.4 Å². The third kappa shape index (κ3) is 4.19. The summed E-state index contributed by atoms with van der Waals surface area (Å²) in [7, 11) is 2.19. The molecule has 32 heavy (non-hydrogen) atoms. The number of likely N-dealkylation sites (tertiary alicyclic amines) is 1. The van der Waals surface area contributed by atoms with E-state index in [1.165, 1.54) is 22.3 Å². The Hall–Kier alpha value is -3.37. The summed E-state index contributed by atoms with van der Waals surface area (Å²) in [5.41, 5.74) is 8.20. The topological polar surface area (TPSA) is 41.6 Å². The zero-order valence-electron chi connectivity index (χ0n) is 18.4. The molecule has 0 atom stereocenters. The van der Waals surface area contributed by atoms with Crippen molar-refractivity contribution in [3.63, 3.8) is 0 Å². The van der Waals surface area contributed by atoms with Crippen LogP contribution in [0.3, 0.4) is 0 Å². The standard InChI is InChI=1S/C28H28N2O2/c1-30-15-13-21(14-16-30)27-24-10-6-5-9-23(24)19-32-26-12-11-20(17-25(26)27)18-29-28(31)22-7-3-2-4-8-22/h2-12,17H,13-16,18-19H2,1H3,(H,29,31). The maximum absolute atomic E-state index is 12.5. The van der Waals surface area contributed by atoms with Gasteiger partial charge in [0.1, 0.15) is 12.4 Å². The molecule has 4 heteroatoms. The molecule has 2 aliphatic heterocycles. The number of nitrogens with one attached hydrogen (secondary N) is 1. The summed E-state index contributed by atoms with van der Waals surface area (Å²) in [6.07, 6.45) is 2.13. The first-order valence-electron chi connectivity index (χ1n) is 11.3. The first kappa shape index (κ1) is 20.5. The minimum atomic E-state index is -0.0592. The van der Waals surface area contributed by atoms with Gasteiger partial charge in [-0.15, -0.1) is 0 Å². The Bertz CT molecular complexity index is 1160. The number of carbonyl (C=O) groups excluding carboxylic acids is 1. The Kier molecular flexibility index (Phi) is 5.78. The van der Waals surface area contributed by atoms with Crippen molar-refractivity contribution in [2.24, 2.45) is 0 Å². The lowest BCUT2D eigenvalue weighted by molar-refractivity contribution is 0.0951. The van der Waals surface area contributed by atoms with E-state index in [4.69, 9.17) is 4.74 Å². The van der Waals surface area contributed by atoms with Crippen molar-refractivity contribution < 1.29 is 9.53 Å². The van der Waals surface area contributed by atoms with Gasteiger partial charge in [0.25, 0.3) is 5.91 Å². The van der Waals surface area contributed by atoms with Crippen LogP contribution in [0.5, 0.6) is 5.75 Å². The van der Waals surface area contributed by atoms with Gasteiger partial charge in [0, 0.05) is 30.8 Å². The highest BCUT2D eigenvalue weighted by Gasteiger charge is 2.24. The Labute approximate surface area is 189 Å². The predicted molar refractivity (Wildman–Crippen MR) is 128 cm³/mol. The number of fused-ring (bicyclic) bond motifs is 2. The highest BCUT2D eigenvalue weighted by molar-refractivity contribution is 5.94. The van der Waals surface area contributed by atoms with Crippen LogP contribution in [-0.2, 0) is 13.2 Å². The van der Waals surface area contributed by atoms with Crippen LogP contribution < -0.4 is 10.1 Å². The molecule has 1 fully saturated rings. The molecule has 4 nitrogen and oxygen atoms in total. The number of rotatable bonds is 3. The quantitative estimate of drug-likeness (QED) is 0.641. The van der Waals surface area contributed by atoms with Crippen LogP contribution in [-0.4, -0.2) is 30.9 Å².